The molecule has 1 fully saturated rings. The molecule has 0 aromatic carbocycles. The summed E-state index contributed by atoms with van der Waals surface area (Å²) in [5.74, 6) is 0.142. The van der Waals surface area contributed by atoms with Crippen LogP contribution in [0.1, 0.15) is 23.2 Å². The second-order valence-electron chi connectivity index (χ2n) is 5.32. The van der Waals surface area contributed by atoms with E-state index in [1.807, 2.05) is 0 Å². The zero-order valence-electron chi connectivity index (χ0n) is 12.6. The van der Waals surface area contributed by atoms with Crippen LogP contribution >= 0.6 is 0 Å². The molecule has 0 spiro atoms. The van der Waals surface area contributed by atoms with Gasteiger partial charge in [0.05, 0.1) is 18.9 Å². The Morgan fingerprint density at radius 3 is 2.78 bits per heavy atom. The van der Waals surface area contributed by atoms with Crippen molar-refractivity contribution in [1.29, 1.82) is 0 Å². The fourth-order valence-corrected chi connectivity index (χ4v) is 2.29. The lowest BCUT2D eigenvalue weighted by molar-refractivity contribution is -0.117. The fourth-order valence-electron chi connectivity index (χ4n) is 2.29. The van der Waals surface area contributed by atoms with Crippen LogP contribution < -0.4 is 15.8 Å². The van der Waals surface area contributed by atoms with Crippen molar-refractivity contribution in [2.24, 2.45) is 11.7 Å². The van der Waals surface area contributed by atoms with Gasteiger partial charge in [-0.05, 0) is 25.0 Å². The number of amides is 2. The summed E-state index contributed by atoms with van der Waals surface area (Å²) < 4.78 is 5.16. The van der Waals surface area contributed by atoms with Gasteiger partial charge in [-0.1, -0.05) is 0 Å². The van der Waals surface area contributed by atoms with Crippen molar-refractivity contribution in [2.45, 2.75) is 12.8 Å². The molecule has 2 aromatic rings. The number of nitrogens with zero attached hydrogens (tertiary/aromatic N) is 2. The van der Waals surface area contributed by atoms with Crippen molar-refractivity contribution in [3.05, 3.63) is 36.3 Å². The monoisotopic (exact) mass is 312 g/mol. The molecule has 0 saturated heterocycles. The molecule has 2 heterocycles. The van der Waals surface area contributed by atoms with Crippen molar-refractivity contribution >= 4 is 17.6 Å². The van der Waals surface area contributed by atoms with Gasteiger partial charge in [-0.3, -0.25) is 14.6 Å². The quantitative estimate of drug-likeness (QED) is 0.872. The zero-order valence-corrected chi connectivity index (χ0v) is 12.6. The van der Waals surface area contributed by atoms with Crippen molar-refractivity contribution in [2.75, 3.05) is 12.4 Å². The zero-order chi connectivity index (χ0) is 16.4. The number of hydrogen-bond acceptors (Lipinski definition) is 5. The van der Waals surface area contributed by atoms with E-state index in [9.17, 15) is 9.59 Å². The van der Waals surface area contributed by atoms with E-state index in [0.29, 0.717) is 22.7 Å². The Morgan fingerprint density at radius 1 is 1.35 bits per heavy atom. The molecule has 1 aliphatic rings. The molecule has 2 amide bonds. The van der Waals surface area contributed by atoms with Crippen LogP contribution in [0.2, 0.25) is 0 Å². The first-order chi connectivity index (χ1) is 11.1. The summed E-state index contributed by atoms with van der Waals surface area (Å²) in [4.78, 5) is 32.1. The summed E-state index contributed by atoms with van der Waals surface area (Å²) in [6.45, 7) is 0. The molecule has 7 nitrogen and oxygen atoms in total. The van der Waals surface area contributed by atoms with Gasteiger partial charge in [0.2, 0.25) is 11.8 Å². The minimum absolute atomic E-state index is 0.0188. The molecule has 1 saturated carbocycles. The number of nitrogens with one attached hydrogen (secondary N) is 1. The third-order valence-electron chi connectivity index (χ3n) is 3.64. The Hall–Kier alpha value is -2.96. The van der Waals surface area contributed by atoms with Gasteiger partial charge in [0.25, 0.3) is 0 Å². The topological polar surface area (TPSA) is 107 Å². The maximum Gasteiger partial charge on any atom is 0.249 e. The normalized spacial score (nSPS) is 13.4. The summed E-state index contributed by atoms with van der Waals surface area (Å²) in [6.07, 6.45) is 6.31. The standard InChI is InChI=1S/C16H16N4O3/c1-23-11-6-10(7-18-8-11)13-12(14(17)21)4-5-19-15(13)20-16(22)9-2-3-9/h4-9H,2-3H2,1H3,(H2,17,21)(H,19,20,22). The van der Waals surface area contributed by atoms with Gasteiger partial charge in [0.1, 0.15) is 11.6 Å². The third kappa shape index (κ3) is 3.13. The highest BCUT2D eigenvalue weighted by Gasteiger charge is 2.30. The highest BCUT2D eigenvalue weighted by molar-refractivity contribution is 6.05. The minimum Gasteiger partial charge on any atom is -0.495 e. The van der Waals surface area contributed by atoms with Crippen LogP contribution in [0.5, 0.6) is 5.75 Å². The molecule has 3 N–H and O–H groups in total. The van der Waals surface area contributed by atoms with E-state index in [-0.39, 0.29) is 17.4 Å². The molecule has 3 rings (SSSR count). The van der Waals surface area contributed by atoms with Crippen molar-refractivity contribution in [1.82, 2.24) is 9.97 Å². The number of methoxy groups -OCH3 is 1. The third-order valence-corrected chi connectivity index (χ3v) is 3.64. The highest BCUT2D eigenvalue weighted by atomic mass is 16.5. The predicted molar refractivity (Wildman–Crippen MR) is 83.9 cm³/mol. The number of aromatic nitrogens is 2. The second-order valence-corrected chi connectivity index (χ2v) is 5.32. The van der Waals surface area contributed by atoms with Crippen LogP contribution in [0.4, 0.5) is 5.82 Å². The molecule has 0 bridgehead atoms. The molecular formula is C16H16N4O3. The smallest absolute Gasteiger partial charge is 0.249 e. The fraction of sp³-hybridized carbons (Fsp3) is 0.250. The number of nitrogens with two attached hydrogens (primary N) is 1. The number of carbonyl (C=O) groups is 2. The largest absolute Gasteiger partial charge is 0.495 e. The van der Waals surface area contributed by atoms with Crippen LogP contribution in [-0.4, -0.2) is 28.9 Å². The first-order valence-electron chi connectivity index (χ1n) is 7.19. The van der Waals surface area contributed by atoms with Gasteiger partial charge in [-0.15, -0.1) is 0 Å². The molecule has 118 valence electrons. The van der Waals surface area contributed by atoms with Crippen LogP contribution in [0.15, 0.2) is 30.7 Å². The lowest BCUT2D eigenvalue weighted by Gasteiger charge is -2.13. The van der Waals surface area contributed by atoms with E-state index in [4.69, 9.17) is 10.5 Å². The average molecular weight is 312 g/mol. The van der Waals surface area contributed by atoms with Crippen LogP contribution in [0.3, 0.4) is 0 Å². The number of hydrogen-bond donors (Lipinski definition) is 2. The van der Waals surface area contributed by atoms with E-state index in [1.165, 1.54) is 19.4 Å². The number of carbonyl (C=O) groups excluding carboxylic acids is 2. The lowest BCUT2D eigenvalue weighted by atomic mass is 10.0. The minimum atomic E-state index is -0.604. The van der Waals surface area contributed by atoms with E-state index >= 15 is 0 Å². The molecule has 1 aliphatic carbocycles. The van der Waals surface area contributed by atoms with Gasteiger partial charge in [0.15, 0.2) is 0 Å². The second kappa shape index (κ2) is 6.04. The number of primary amides is 1. The average Bonchev–Trinajstić information content (AvgIpc) is 3.39. The molecule has 0 atom stereocenters. The molecule has 7 heteroatoms. The first kappa shape index (κ1) is 15.0. The summed E-state index contributed by atoms with van der Waals surface area (Å²) in [5, 5.41) is 2.78. The van der Waals surface area contributed by atoms with Gasteiger partial charge in [-0.2, -0.15) is 0 Å². The van der Waals surface area contributed by atoms with Gasteiger partial charge < -0.3 is 15.8 Å². The maximum atomic E-state index is 12.1. The lowest BCUT2D eigenvalue weighted by Crippen LogP contribution is -2.18. The Labute approximate surface area is 132 Å². The number of rotatable bonds is 5. The Bertz CT molecular complexity index is 772. The molecule has 0 radical (unpaired) electrons. The number of anilines is 1. The molecular weight excluding hydrogens is 296 g/mol. The summed E-state index contributed by atoms with van der Waals surface area (Å²) in [6, 6.07) is 3.23. The van der Waals surface area contributed by atoms with Crippen molar-refractivity contribution in [3.8, 4) is 16.9 Å². The highest BCUT2D eigenvalue weighted by Crippen LogP contribution is 2.34. The first-order valence-corrected chi connectivity index (χ1v) is 7.19. The van der Waals surface area contributed by atoms with Crippen LogP contribution in [0, 0.1) is 5.92 Å². The molecule has 2 aromatic heterocycles. The van der Waals surface area contributed by atoms with Crippen LogP contribution in [0.25, 0.3) is 11.1 Å². The summed E-state index contributed by atoms with van der Waals surface area (Å²) in [5.41, 5.74) is 6.77. The maximum absolute atomic E-state index is 12.1. The number of ether oxygens (including phenoxy) is 1. The molecule has 23 heavy (non-hydrogen) atoms. The predicted octanol–water partition coefficient (Wildman–Crippen LogP) is 1.60. The van der Waals surface area contributed by atoms with Gasteiger partial charge in [-0.25, -0.2) is 4.98 Å². The summed E-state index contributed by atoms with van der Waals surface area (Å²) in [7, 11) is 1.52. The molecule has 0 aliphatic heterocycles. The van der Waals surface area contributed by atoms with Crippen LogP contribution in [-0.2, 0) is 4.79 Å². The van der Waals surface area contributed by atoms with E-state index < -0.39 is 5.91 Å². The van der Waals surface area contributed by atoms with Crippen molar-refractivity contribution in [3.63, 3.8) is 0 Å². The summed E-state index contributed by atoms with van der Waals surface area (Å²) >= 11 is 0. The van der Waals surface area contributed by atoms with Gasteiger partial charge in [0, 0.05) is 29.4 Å². The number of pyridine rings is 2. The Kier molecular flexibility index (Phi) is 3.92. The van der Waals surface area contributed by atoms with Gasteiger partial charge >= 0.3 is 0 Å². The molecule has 0 unspecified atom stereocenters. The van der Waals surface area contributed by atoms with E-state index in [0.717, 1.165) is 12.8 Å². The Balaban J connectivity index is 2.10. The van der Waals surface area contributed by atoms with E-state index in [2.05, 4.69) is 15.3 Å². The van der Waals surface area contributed by atoms with E-state index in [1.54, 1.807) is 18.5 Å². The van der Waals surface area contributed by atoms with Crippen molar-refractivity contribution < 1.29 is 14.3 Å². The SMILES string of the molecule is COc1cncc(-c2c(C(N)=O)ccnc2NC(=O)C2CC2)c1. The Morgan fingerprint density at radius 2 is 2.13 bits per heavy atom.